The molecule has 1 aromatic carbocycles. The number of hydrogen-bond acceptors (Lipinski definition) is 0. The van der Waals surface area contributed by atoms with Gasteiger partial charge < -0.3 is 0 Å². The average molecular weight is 404 g/mol. The van der Waals surface area contributed by atoms with Gasteiger partial charge in [-0.1, -0.05) is 0 Å². The Morgan fingerprint density at radius 3 is 2.38 bits per heavy atom. The first-order valence-corrected chi connectivity index (χ1v) is 8.38. The van der Waals surface area contributed by atoms with Crippen molar-refractivity contribution in [3.05, 3.63) is 37.5 Å². The number of hydrogen-bond donors (Lipinski definition) is 0. The summed E-state index contributed by atoms with van der Waals surface area (Å²) in [4.78, 5) is 0. The first kappa shape index (κ1) is 12.3. The summed E-state index contributed by atoms with van der Waals surface area (Å²) in [6.07, 6.45) is 6.64. The van der Waals surface area contributed by atoms with Gasteiger partial charge in [0.25, 0.3) is 0 Å². The van der Waals surface area contributed by atoms with Crippen molar-refractivity contribution in [3.63, 3.8) is 0 Å². The zero-order valence-corrected chi connectivity index (χ0v) is 15.0. The van der Waals surface area contributed by atoms with Crippen LogP contribution in [0, 0.1) is 13.8 Å². The summed E-state index contributed by atoms with van der Waals surface area (Å²) >= 11 is 0.971. The third kappa shape index (κ3) is 2.42. The molecule has 2 rings (SSSR count). The van der Waals surface area contributed by atoms with E-state index in [4.69, 9.17) is 0 Å². The zero-order chi connectivity index (χ0) is 11.7. The molecule has 1 aliphatic rings. The Balaban J connectivity index is 2.54. The van der Waals surface area contributed by atoms with Crippen LogP contribution in [0.25, 0.3) is 6.08 Å². The van der Waals surface area contributed by atoms with Crippen LogP contribution >= 0.6 is 0 Å². The molecule has 1 saturated carbocycles. The monoisotopic (exact) mass is 404 g/mol. The molecule has 0 bridgehead atoms. The standard InChI is InChI=1S/C15H19.Tl/c1-4-6-14-11(2)9-10-12(3)15(14)13-7-5-8-13;/h6,9-10,13H,5,7-8H2,1-3H3;. The van der Waals surface area contributed by atoms with Crippen LogP contribution in [-0.4, -0.2) is 25.8 Å². The minimum absolute atomic E-state index is 0.843. The van der Waals surface area contributed by atoms with Crippen molar-refractivity contribution in [2.24, 2.45) is 0 Å². The molecule has 0 aromatic heterocycles. The predicted octanol–water partition coefficient (Wildman–Crippen LogP) is 4.10. The molecule has 0 spiro atoms. The Labute approximate surface area is 115 Å². The Morgan fingerprint density at radius 1 is 1.25 bits per heavy atom. The molecular formula is C15H19Tl. The van der Waals surface area contributed by atoms with E-state index in [0.717, 1.165) is 31.7 Å². The molecular weight excluding hydrogens is 385 g/mol. The predicted molar refractivity (Wildman–Crippen MR) is 71.9 cm³/mol. The molecule has 1 fully saturated rings. The van der Waals surface area contributed by atoms with Crippen LogP contribution < -0.4 is 0 Å². The van der Waals surface area contributed by atoms with E-state index in [1.807, 2.05) is 0 Å². The third-order valence-electron chi connectivity index (χ3n) is 3.61. The van der Waals surface area contributed by atoms with E-state index >= 15 is 0 Å². The first-order chi connectivity index (χ1) is 7.59. The molecule has 16 heavy (non-hydrogen) atoms. The number of allylic oxidation sites excluding steroid dienone is 1. The molecule has 0 heterocycles. The summed E-state index contributed by atoms with van der Waals surface area (Å²) in [6.45, 7) is 6.78. The van der Waals surface area contributed by atoms with E-state index in [1.54, 1.807) is 8.70 Å². The number of benzene rings is 1. The van der Waals surface area contributed by atoms with Crippen LogP contribution in [0.4, 0.5) is 0 Å². The van der Waals surface area contributed by atoms with Crippen LogP contribution in [0.15, 0.2) is 15.3 Å². The Hall–Kier alpha value is -0.118. The molecule has 1 heteroatoms. The summed E-state index contributed by atoms with van der Waals surface area (Å²) in [5.41, 5.74) is 6.12. The normalized spacial score (nSPS) is 17.2. The van der Waals surface area contributed by atoms with E-state index in [-0.39, 0.29) is 0 Å². The molecule has 0 N–H and O–H groups in total. The molecule has 0 radical (unpaired) electrons. The van der Waals surface area contributed by atoms with Crippen molar-refractivity contribution in [3.8, 4) is 0 Å². The van der Waals surface area contributed by atoms with Crippen molar-refractivity contribution in [2.75, 3.05) is 0 Å². The molecule has 82 valence electrons. The van der Waals surface area contributed by atoms with Crippen molar-refractivity contribution >= 4 is 31.8 Å². The number of rotatable bonds is 2. The molecule has 0 atom stereocenters. The van der Waals surface area contributed by atoms with Gasteiger partial charge in [0.05, 0.1) is 0 Å². The van der Waals surface area contributed by atoms with Crippen LogP contribution in [0.3, 0.4) is 0 Å². The second kappa shape index (κ2) is 5.03. The molecule has 0 unspecified atom stereocenters. The summed E-state index contributed by atoms with van der Waals surface area (Å²) in [7, 11) is 0. The quantitative estimate of drug-likeness (QED) is 0.652. The van der Waals surface area contributed by atoms with Crippen LogP contribution in [0.2, 0.25) is 0 Å². The van der Waals surface area contributed by atoms with Crippen LogP contribution in [0.5, 0.6) is 0 Å². The van der Waals surface area contributed by atoms with Gasteiger partial charge in [0, 0.05) is 0 Å². The first-order valence-electron chi connectivity index (χ1n) is 6.13. The summed E-state index contributed by atoms with van der Waals surface area (Å²) in [6, 6.07) is 4.57. The maximum absolute atomic E-state index is 2.43. The van der Waals surface area contributed by atoms with Crippen molar-refractivity contribution in [1.29, 1.82) is 0 Å². The van der Waals surface area contributed by atoms with Crippen molar-refractivity contribution in [2.45, 2.75) is 46.0 Å². The van der Waals surface area contributed by atoms with E-state index in [2.05, 4.69) is 39.0 Å². The average Bonchev–Trinajstić information content (AvgIpc) is 2.13. The fraction of sp³-hybridized carbons (Fsp3) is 0.467. The van der Waals surface area contributed by atoms with Crippen molar-refractivity contribution < 1.29 is 0 Å². The van der Waals surface area contributed by atoms with E-state index in [9.17, 15) is 0 Å². The molecule has 1 aliphatic carbocycles. The van der Waals surface area contributed by atoms with E-state index in [1.165, 1.54) is 36.0 Å². The molecule has 0 saturated heterocycles. The van der Waals surface area contributed by atoms with Gasteiger partial charge in [-0.25, -0.2) is 0 Å². The maximum atomic E-state index is 2.43. The molecule has 0 amide bonds. The number of aryl methyl sites for hydroxylation is 2. The van der Waals surface area contributed by atoms with E-state index < -0.39 is 0 Å². The fourth-order valence-electron chi connectivity index (χ4n) is 2.51. The van der Waals surface area contributed by atoms with Gasteiger partial charge in [-0.3, -0.25) is 0 Å². The van der Waals surface area contributed by atoms with Gasteiger partial charge in [-0.2, -0.15) is 0 Å². The second-order valence-corrected chi connectivity index (χ2v) is 8.58. The molecule has 0 aliphatic heterocycles. The SMILES string of the molecule is C/[C]([Tl])=C\c1c(C)ccc(C)c1C1CCC1. The van der Waals surface area contributed by atoms with Crippen molar-refractivity contribution in [1.82, 2.24) is 0 Å². The second-order valence-electron chi connectivity index (χ2n) is 5.04. The fourth-order valence-corrected chi connectivity index (χ4v) is 3.16. The molecule has 1 aromatic rings. The van der Waals surface area contributed by atoms with Crippen LogP contribution in [-0.2, 0) is 0 Å². The van der Waals surface area contributed by atoms with Gasteiger partial charge >= 0.3 is 115 Å². The van der Waals surface area contributed by atoms with Gasteiger partial charge in [-0.05, 0) is 0 Å². The van der Waals surface area contributed by atoms with Gasteiger partial charge in [0.2, 0.25) is 0 Å². The van der Waals surface area contributed by atoms with Gasteiger partial charge in [0.1, 0.15) is 0 Å². The topological polar surface area (TPSA) is 0 Å². The van der Waals surface area contributed by atoms with Crippen LogP contribution in [0.1, 0.15) is 54.4 Å². The zero-order valence-electron chi connectivity index (χ0n) is 10.5. The third-order valence-corrected chi connectivity index (χ3v) is 4.26. The Morgan fingerprint density at radius 2 is 1.88 bits per heavy atom. The van der Waals surface area contributed by atoms with Gasteiger partial charge in [-0.15, -0.1) is 0 Å². The summed E-state index contributed by atoms with van der Waals surface area (Å²) in [5.74, 6) is 0.843. The van der Waals surface area contributed by atoms with Gasteiger partial charge in [0.15, 0.2) is 0 Å². The summed E-state index contributed by atoms with van der Waals surface area (Å²) < 4.78 is 1.56. The molecule has 0 nitrogen and oxygen atoms in total. The Bertz CT molecular complexity index is 421. The Kier molecular flexibility index (Phi) is 3.88. The summed E-state index contributed by atoms with van der Waals surface area (Å²) in [5, 5.41) is 0. The van der Waals surface area contributed by atoms with E-state index in [0.29, 0.717) is 0 Å². The minimum atomic E-state index is 0.843.